The predicted molar refractivity (Wildman–Crippen MR) is 227 cm³/mol. The second-order valence-electron chi connectivity index (χ2n) is 14.1. The van der Waals surface area contributed by atoms with Crippen molar-refractivity contribution < 1.29 is 0 Å². The van der Waals surface area contributed by atoms with Crippen molar-refractivity contribution in [3.63, 3.8) is 0 Å². The molecule has 0 unspecified atom stereocenters. The van der Waals surface area contributed by atoms with E-state index in [0.717, 1.165) is 0 Å². The number of rotatable bonds is 5. The summed E-state index contributed by atoms with van der Waals surface area (Å²) >= 11 is 0. The summed E-state index contributed by atoms with van der Waals surface area (Å²) in [6.07, 6.45) is 3.87. The molecule has 10 aromatic rings. The second kappa shape index (κ2) is 11.3. The molecule has 0 saturated heterocycles. The number of hydrogen-bond donors (Lipinski definition) is 0. The first-order valence-electron chi connectivity index (χ1n) is 18.1. The Morgan fingerprint density at radius 3 is 2.00 bits per heavy atom. The molecule has 0 radical (unpaired) electrons. The number of hydrogen-bond acceptors (Lipinski definition) is 1. The number of para-hydroxylation sites is 2. The molecular formula is C50H33N3. The van der Waals surface area contributed by atoms with Gasteiger partial charge in [0.2, 0.25) is 0 Å². The maximum absolute atomic E-state index is 4.00. The van der Waals surface area contributed by atoms with Gasteiger partial charge < -0.3 is 9.13 Å². The molecule has 3 heteroatoms. The van der Waals surface area contributed by atoms with Gasteiger partial charge in [0, 0.05) is 38.8 Å². The van der Waals surface area contributed by atoms with E-state index in [2.05, 4.69) is 192 Å². The molecule has 1 aliphatic rings. The zero-order valence-electron chi connectivity index (χ0n) is 29.2. The van der Waals surface area contributed by atoms with Crippen LogP contribution in [0.15, 0.2) is 175 Å². The van der Waals surface area contributed by atoms with Crippen LogP contribution in [-0.2, 0) is 0 Å². The lowest BCUT2D eigenvalue weighted by Gasteiger charge is -2.14. The second-order valence-corrected chi connectivity index (χ2v) is 14.1. The lowest BCUT2D eigenvalue weighted by atomic mass is 9.99. The van der Waals surface area contributed by atoms with Crippen LogP contribution in [0.2, 0.25) is 0 Å². The Kier molecular flexibility index (Phi) is 6.32. The van der Waals surface area contributed by atoms with Gasteiger partial charge in [0.1, 0.15) is 0 Å². The minimum atomic E-state index is 1.17. The van der Waals surface area contributed by atoms with E-state index in [1.54, 1.807) is 6.20 Å². The molecule has 0 amide bonds. The number of fused-ring (bicyclic) bond motifs is 8. The molecule has 2 aromatic heterocycles. The normalized spacial score (nSPS) is 12.9. The van der Waals surface area contributed by atoms with Gasteiger partial charge in [-0.3, -0.25) is 4.99 Å². The van der Waals surface area contributed by atoms with E-state index in [-0.39, 0.29) is 0 Å². The van der Waals surface area contributed by atoms with Crippen LogP contribution in [0.4, 0.5) is 0 Å². The van der Waals surface area contributed by atoms with Gasteiger partial charge in [-0.1, -0.05) is 103 Å². The summed E-state index contributed by atoms with van der Waals surface area (Å²) in [4.78, 5) is 4.00. The van der Waals surface area contributed by atoms with Gasteiger partial charge in [0.05, 0.1) is 27.8 Å². The molecule has 2 heterocycles. The van der Waals surface area contributed by atoms with E-state index in [1.165, 1.54) is 110 Å². The van der Waals surface area contributed by atoms with E-state index in [1.807, 2.05) is 0 Å². The molecule has 0 spiro atoms. The average Bonchev–Trinajstić information content (AvgIpc) is 3.83. The summed E-state index contributed by atoms with van der Waals surface area (Å²) in [5.41, 5.74) is 14.6. The van der Waals surface area contributed by atoms with E-state index >= 15 is 0 Å². The van der Waals surface area contributed by atoms with E-state index in [0.29, 0.717) is 0 Å². The van der Waals surface area contributed by atoms with Crippen LogP contribution in [-0.4, -0.2) is 15.9 Å². The molecule has 3 nitrogen and oxygen atoms in total. The van der Waals surface area contributed by atoms with E-state index < -0.39 is 0 Å². The molecule has 0 atom stereocenters. The third kappa shape index (κ3) is 4.19. The van der Waals surface area contributed by atoms with Crippen molar-refractivity contribution in [3.8, 4) is 22.5 Å². The summed E-state index contributed by atoms with van der Waals surface area (Å²) in [6, 6.07) is 58.0. The first-order chi connectivity index (χ1) is 26.2. The van der Waals surface area contributed by atoms with Gasteiger partial charge in [0.15, 0.2) is 0 Å². The number of aliphatic imine (C=N–C) groups is 1. The quantitative estimate of drug-likeness (QED) is 0.162. The highest BCUT2D eigenvalue weighted by atomic mass is 15.0. The maximum Gasteiger partial charge on any atom is 0.0547 e. The molecule has 0 aliphatic heterocycles. The van der Waals surface area contributed by atoms with Crippen LogP contribution in [0.25, 0.3) is 98.8 Å². The third-order valence-electron chi connectivity index (χ3n) is 11.4. The monoisotopic (exact) mass is 675 g/mol. The SMILES string of the molecule is C=N/C=C\C1=C(C)c2cccc3c(-n4c5ccccc5c5cc(-c6ccc7c(c6)c6c8ccccc8ccc6n7-c6ccccc6)ccc54)ccc1c23. The van der Waals surface area contributed by atoms with Crippen LogP contribution in [0.3, 0.4) is 0 Å². The van der Waals surface area contributed by atoms with Gasteiger partial charge in [-0.15, -0.1) is 0 Å². The Morgan fingerprint density at radius 2 is 1.17 bits per heavy atom. The van der Waals surface area contributed by atoms with Gasteiger partial charge >= 0.3 is 0 Å². The molecule has 53 heavy (non-hydrogen) atoms. The molecule has 0 N–H and O–H groups in total. The Bertz CT molecular complexity index is 3240. The van der Waals surface area contributed by atoms with Gasteiger partial charge in [-0.25, -0.2) is 0 Å². The highest BCUT2D eigenvalue weighted by Gasteiger charge is 2.23. The lowest BCUT2D eigenvalue weighted by Crippen LogP contribution is -1.96. The summed E-state index contributed by atoms with van der Waals surface area (Å²) in [7, 11) is 0. The highest BCUT2D eigenvalue weighted by Crippen LogP contribution is 2.46. The maximum atomic E-state index is 4.00. The van der Waals surface area contributed by atoms with Crippen LogP contribution in [0.1, 0.15) is 18.1 Å². The van der Waals surface area contributed by atoms with Gasteiger partial charge in [0.25, 0.3) is 0 Å². The van der Waals surface area contributed by atoms with Gasteiger partial charge in [-0.05, 0) is 124 Å². The summed E-state index contributed by atoms with van der Waals surface area (Å²) < 4.78 is 4.86. The first kappa shape index (κ1) is 29.7. The van der Waals surface area contributed by atoms with Crippen molar-refractivity contribution >= 4 is 83.0 Å². The number of aromatic nitrogens is 2. The summed E-state index contributed by atoms with van der Waals surface area (Å²) in [5.74, 6) is 0. The minimum absolute atomic E-state index is 1.17. The Morgan fingerprint density at radius 1 is 0.491 bits per heavy atom. The largest absolute Gasteiger partial charge is 0.309 e. The first-order valence-corrected chi connectivity index (χ1v) is 18.1. The molecule has 0 saturated carbocycles. The zero-order valence-corrected chi connectivity index (χ0v) is 29.2. The Labute approximate surface area is 306 Å². The van der Waals surface area contributed by atoms with Crippen molar-refractivity contribution in [1.29, 1.82) is 0 Å². The zero-order chi connectivity index (χ0) is 35.2. The van der Waals surface area contributed by atoms with Crippen molar-refractivity contribution in [2.45, 2.75) is 6.92 Å². The van der Waals surface area contributed by atoms with E-state index in [9.17, 15) is 0 Å². The average molecular weight is 676 g/mol. The molecular weight excluding hydrogens is 643 g/mol. The lowest BCUT2D eigenvalue weighted by molar-refractivity contribution is 1.18. The Hall–Kier alpha value is -6.97. The van der Waals surface area contributed by atoms with Crippen molar-refractivity contribution in [2.24, 2.45) is 4.99 Å². The minimum Gasteiger partial charge on any atom is -0.309 e. The number of allylic oxidation sites excluding steroid dienone is 3. The van der Waals surface area contributed by atoms with Crippen molar-refractivity contribution in [2.75, 3.05) is 0 Å². The number of benzene rings is 8. The smallest absolute Gasteiger partial charge is 0.0547 e. The molecule has 0 fully saturated rings. The van der Waals surface area contributed by atoms with Crippen LogP contribution in [0.5, 0.6) is 0 Å². The molecule has 8 aromatic carbocycles. The molecule has 1 aliphatic carbocycles. The van der Waals surface area contributed by atoms with Crippen molar-refractivity contribution in [3.05, 3.63) is 181 Å². The fourth-order valence-corrected chi connectivity index (χ4v) is 9.05. The molecule has 0 bridgehead atoms. The fourth-order valence-electron chi connectivity index (χ4n) is 9.05. The molecule has 248 valence electrons. The van der Waals surface area contributed by atoms with Crippen LogP contribution < -0.4 is 0 Å². The predicted octanol–water partition coefficient (Wildman–Crippen LogP) is 13.3. The molecule has 11 rings (SSSR count). The van der Waals surface area contributed by atoms with Crippen LogP contribution >= 0.6 is 0 Å². The van der Waals surface area contributed by atoms with E-state index in [4.69, 9.17) is 0 Å². The summed E-state index contributed by atoms with van der Waals surface area (Å²) in [5, 5.41) is 10.1. The number of nitrogens with zero attached hydrogens (tertiary/aromatic N) is 3. The third-order valence-corrected chi connectivity index (χ3v) is 11.4. The fraction of sp³-hybridized carbons (Fsp3) is 0.0200. The Balaban J connectivity index is 1.13. The highest BCUT2D eigenvalue weighted by molar-refractivity contribution is 6.22. The van der Waals surface area contributed by atoms with Crippen molar-refractivity contribution in [1.82, 2.24) is 9.13 Å². The van der Waals surface area contributed by atoms with Crippen LogP contribution in [0, 0.1) is 0 Å². The topological polar surface area (TPSA) is 22.2 Å². The summed E-state index contributed by atoms with van der Waals surface area (Å²) in [6.45, 7) is 5.87. The van der Waals surface area contributed by atoms with Gasteiger partial charge in [-0.2, -0.15) is 0 Å². The standard InChI is InChI=1S/C50H33N3/c1-31-36(27-28-51-2)40-22-26-45(41-17-10-16-37(31)49(40)41)53-44-18-9-8-15-39(44)42-29-33(20-23-46(42)53)34-21-24-47-43(30-34)50-38-14-7-6-11-32(38)19-25-48(50)52(47)35-12-4-3-5-13-35/h3-30H,2H2,1H3/b28-27-.